The number of nitrogens with zero attached hydrogens (tertiary/aromatic N) is 3. The summed E-state index contributed by atoms with van der Waals surface area (Å²) in [6.07, 6.45) is 3.06. The fourth-order valence-electron chi connectivity index (χ4n) is 5.08. The van der Waals surface area contributed by atoms with Crippen LogP contribution in [0.3, 0.4) is 0 Å². The number of hydrogen-bond donors (Lipinski definition) is 2. The number of amidine groups is 2. The van der Waals surface area contributed by atoms with Crippen molar-refractivity contribution < 1.29 is 0 Å². The van der Waals surface area contributed by atoms with Gasteiger partial charge in [0.05, 0.1) is 12.0 Å². The van der Waals surface area contributed by atoms with Crippen molar-refractivity contribution in [2.24, 2.45) is 20.7 Å². The summed E-state index contributed by atoms with van der Waals surface area (Å²) in [6, 6.07) is 41.6. The van der Waals surface area contributed by atoms with Gasteiger partial charge in [0.15, 0.2) is 5.84 Å². The summed E-state index contributed by atoms with van der Waals surface area (Å²) in [4.78, 5) is 14.2. The van der Waals surface area contributed by atoms with E-state index in [0.717, 1.165) is 55.7 Å². The third-order valence-electron chi connectivity index (χ3n) is 7.05. The Kier molecular flexibility index (Phi) is 7.01. The molecule has 194 valence electrons. The minimum atomic E-state index is -0.262. The quantitative estimate of drug-likeness (QED) is 0.182. The van der Waals surface area contributed by atoms with E-state index < -0.39 is 0 Å². The normalized spacial score (nSPS) is 15.5. The Morgan fingerprint density at radius 3 is 2.05 bits per heavy atom. The highest BCUT2D eigenvalue weighted by Gasteiger charge is 2.21. The second-order valence-electron chi connectivity index (χ2n) is 9.47. The van der Waals surface area contributed by atoms with Crippen LogP contribution in [-0.2, 0) is 0 Å². The predicted octanol–water partition coefficient (Wildman–Crippen LogP) is 7.35. The second kappa shape index (κ2) is 11.2. The van der Waals surface area contributed by atoms with Gasteiger partial charge in [0.2, 0.25) is 0 Å². The van der Waals surface area contributed by atoms with E-state index in [0.29, 0.717) is 5.84 Å². The predicted molar refractivity (Wildman–Crippen MR) is 168 cm³/mol. The molecule has 1 aliphatic rings. The van der Waals surface area contributed by atoms with Gasteiger partial charge in [-0.1, -0.05) is 127 Å². The van der Waals surface area contributed by atoms with Gasteiger partial charge in [-0.25, -0.2) is 15.0 Å². The first-order valence-corrected chi connectivity index (χ1v) is 13.3. The maximum atomic E-state index is 5.61. The van der Waals surface area contributed by atoms with Crippen LogP contribution in [0.5, 0.6) is 0 Å². The van der Waals surface area contributed by atoms with Crippen LogP contribution >= 0.6 is 0 Å². The molecule has 1 unspecified atom stereocenters. The highest BCUT2D eigenvalue weighted by molar-refractivity contribution is 6.13. The molecule has 0 bridgehead atoms. The Morgan fingerprint density at radius 1 is 0.725 bits per heavy atom. The monoisotopic (exact) mass is 519 g/mol. The van der Waals surface area contributed by atoms with Crippen molar-refractivity contribution in [2.45, 2.75) is 13.1 Å². The summed E-state index contributed by atoms with van der Waals surface area (Å²) in [5.41, 5.74) is 12.9. The number of rotatable bonds is 6. The Morgan fingerprint density at radius 2 is 1.38 bits per heavy atom. The lowest BCUT2D eigenvalue weighted by molar-refractivity contribution is 0.674. The minimum Gasteiger partial charge on any atom is -0.390 e. The van der Waals surface area contributed by atoms with E-state index in [1.807, 2.05) is 61.5 Å². The second-order valence-corrected chi connectivity index (χ2v) is 9.47. The lowest BCUT2D eigenvalue weighted by Crippen LogP contribution is -2.33. The highest BCUT2D eigenvalue weighted by Crippen LogP contribution is 2.35. The van der Waals surface area contributed by atoms with Crippen molar-refractivity contribution in [2.75, 3.05) is 0 Å². The van der Waals surface area contributed by atoms with E-state index in [-0.39, 0.29) is 6.17 Å². The maximum absolute atomic E-state index is 5.61. The summed E-state index contributed by atoms with van der Waals surface area (Å²) >= 11 is 0. The Hall–Kier alpha value is -5.29. The Balaban J connectivity index is 1.37. The molecule has 0 fully saturated rings. The highest BCUT2D eigenvalue weighted by atomic mass is 15.2. The van der Waals surface area contributed by atoms with Crippen LogP contribution < -0.4 is 11.1 Å². The van der Waals surface area contributed by atoms with Crippen LogP contribution in [0.1, 0.15) is 35.3 Å². The molecule has 5 nitrogen and oxygen atoms in total. The van der Waals surface area contributed by atoms with Gasteiger partial charge in [0, 0.05) is 16.7 Å². The number of fused-ring (bicyclic) bond motifs is 1. The van der Waals surface area contributed by atoms with Gasteiger partial charge in [-0.2, -0.15) is 0 Å². The summed E-state index contributed by atoms with van der Waals surface area (Å²) in [5.74, 6) is 1.53. The minimum absolute atomic E-state index is 0.262. The molecule has 5 heteroatoms. The van der Waals surface area contributed by atoms with Gasteiger partial charge in [-0.15, -0.1) is 0 Å². The molecule has 0 amide bonds. The maximum Gasteiger partial charge on any atom is 0.159 e. The summed E-state index contributed by atoms with van der Waals surface area (Å²) in [6.45, 7) is 1.97. The van der Waals surface area contributed by atoms with Gasteiger partial charge < -0.3 is 11.1 Å². The van der Waals surface area contributed by atoms with Crippen molar-refractivity contribution in [3.05, 3.63) is 150 Å². The van der Waals surface area contributed by atoms with Gasteiger partial charge in [0.25, 0.3) is 0 Å². The van der Waals surface area contributed by atoms with Gasteiger partial charge in [-0.05, 0) is 34.4 Å². The fourth-order valence-corrected chi connectivity index (χ4v) is 5.08. The molecule has 6 rings (SSSR count). The average Bonchev–Trinajstić information content (AvgIpc) is 3.04. The molecule has 1 aliphatic heterocycles. The first-order chi connectivity index (χ1) is 19.7. The number of nitrogens with two attached hydrogens (primary N) is 1. The molecule has 0 radical (unpaired) electrons. The van der Waals surface area contributed by atoms with E-state index >= 15 is 0 Å². The zero-order valence-corrected chi connectivity index (χ0v) is 22.2. The zero-order chi connectivity index (χ0) is 27.3. The first-order valence-electron chi connectivity index (χ1n) is 13.3. The Bertz CT molecular complexity index is 1770. The van der Waals surface area contributed by atoms with Crippen LogP contribution in [0.25, 0.3) is 27.6 Å². The molecule has 0 saturated carbocycles. The van der Waals surface area contributed by atoms with E-state index in [1.165, 1.54) is 6.34 Å². The van der Waals surface area contributed by atoms with Gasteiger partial charge >= 0.3 is 0 Å². The third kappa shape index (κ3) is 4.93. The molecule has 0 saturated heterocycles. The molecule has 0 aliphatic carbocycles. The van der Waals surface area contributed by atoms with Gasteiger partial charge in [0.1, 0.15) is 12.0 Å². The van der Waals surface area contributed by atoms with Crippen LogP contribution in [0.15, 0.2) is 142 Å². The standard InChI is InChI=1S/C35H29N5/c1-2-32(37-23-36)31-22-21-28(29-15-9-10-16-30(29)31)24-17-19-27(20-18-24)35-39-33(25-11-5-3-6-12-25)38-34(40-35)26-13-7-4-8-14-26/h2-23,35H,1H3,(H2,36,37)(H,38,39,40)/b32-2-. The van der Waals surface area contributed by atoms with E-state index in [9.17, 15) is 0 Å². The number of hydrogen-bond acceptors (Lipinski definition) is 4. The molecule has 40 heavy (non-hydrogen) atoms. The molecule has 1 atom stereocenters. The zero-order valence-electron chi connectivity index (χ0n) is 22.2. The van der Waals surface area contributed by atoms with Crippen LogP contribution in [0, 0.1) is 0 Å². The summed E-state index contributed by atoms with van der Waals surface area (Å²) in [7, 11) is 0. The summed E-state index contributed by atoms with van der Waals surface area (Å²) < 4.78 is 0. The van der Waals surface area contributed by atoms with Crippen molar-refractivity contribution in [1.29, 1.82) is 0 Å². The molecule has 0 spiro atoms. The molecule has 5 aromatic carbocycles. The van der Waals surface area contributed by atoms with Crippen LogP contribution in [-0.4, -0.2) is 18.0 Å². The average molecular weight is 520 g/mol. The number of allylic oxidation sites excluding steroid dienone is 1. The van der Waals surface area contributed by atoms with Crippen LogP contribution in [0.4, 0.5) is 0 Å². The summed E-state index contributed by atoms with van der Waals surface area (Å²) in [5, 5.41) is 5.85. The molecule has 1 heterocycles. The number of aliphatic imine (C=N–C) groups is 3. The SMILES string of the molecule is C/C=C(\N=C/N)c1ccc(-c2ccc(C3N=C(c4ccccc4)N=C(c4ccccc4)N3)cc2)c2ccccc12. The van der Waals surface area contributed by atoms with Crippen molar-refractivity contribution in [1.82, 2.24) is 5.32 Å². The van der Waals surface area contributed by atoms with Crippen molar-refractivity contribution >= 4 is 34.5 Å². The first kappa shape index (κ1) is 25.0. The Labute approximate surface area is 234 Å². The molecular weight excluding hydrogens is 490 g/mol. The van der Waals surface area contributed by atoms with E-state index in [2.05, 4.69) is 83.1 Å². The fraction of sp³-hybridized carbons (Fsp3) is 0.0571. The van der Waals surface area contributed by atoms with E-state index in [4.69, 9.17) is 15.7 Å². The van der Waals surface area contributed by atoms with Crippen LogP contribution in [0.2, 0.25) is 0 Å². The molecule has 5 aromatic rings. The number of nitrogens with one attached hydrogen (secondary N) is 1. The lowest BCUT2D eigenvalue weighted by atomic mass is 9.93. The largest absolute Gasteiger partial charge is 0.390 e. The van der Waals surface area contributed by atoms with Crippen molar-refractivity contribution in [3.8, 4) is 11.1 Å². The smallest absolute Gasteiger partial charge is 0.159 e. The number of benzene rings is 5. The van der Waals surface area contributed by atoms with Crippen molar-refractivity contribution in [3.63, 3.8) is 0 Å². The lowest BCUT2D eigenvalue weighted by Gasteiger charge is -2.24. The molecule has 3 N–H and O–H groups in total. The molecule has 0 aromatic heterocycles. The van der Waals surface area contributed by atoms with Gasteiger partial charge in [-0.3, -0.25) is 0 Å². The third-order valence-corrected chi connectivity index (χ3v) is 7.05. The topological polar surface area (TPSA) is 75.1 Å². The van der Waals surface area contributed by atoms with E-state index in [1.54, 1.807) is 0 Å². The molecular formula is C35H29N5.